The average Bonchev–Trinajstić information content (AvgIpc) is 2.97. The van der Waals surface area contributed by atoms with Crippen molar-refractivity contribution in [3.63, 3.8) is 0 Å². The standard InChI is InChI=1S/C12H14N2O/c13-11-4-3-9-6-14(7-10(9)5-11)12(15)8-1-2-8/h3-5,8H,1-2,6-7,13H2. The Morgan fingerprint density at radius 1 is 1.27 bits per heavy atom. The zero-order chi connectivity index (χ0) is 10.4. The Kier molecular flexibility index (Phi) is 1.75. The minimum atomic E-state index is 0.316. The first-order valence-electron chi connectivity index (χ1n) is 5.40. The summed E-state index contributed by atoms with van der Waals surface area (Å²) in [7, 11) is 0. The van der Waals surface area contributed by atoms with Crippen LogP contribution in [0, 0.1) is 5.92 Å². The molecule has 1 heterocycles. The topological polar surface area (TPSA) is 46.3 Å². The third-order valence-electron chi connectivity index (χ3n) is 3.19. The molecule has 78 valence electrons. The molecule has 3 rings (SSSR count). The first-order chi connectivity index (χ1) is 7.24. The Balaban J connectivity index is 1.82. The van der Waals surface area contributed by atoms with E-state index in [4.69, 9.17) is 5.73 Å². The third-order valence-corrected chi connectivity index (χ3v) is 3.19. The number of nitrogens with zero attached hydrogens (tertiary/aromatic N) is 1. The minimum absolute atomic E-state index is 0.316. The number of hydrogen-bond donors (Lipinski definition) is 1. The number of anilines is 1. The zero-order valence-electron chi connectivity index (χ0n) is 8.57. The largest absolute Gasteiger partial charge is 0.399 e. The molecule has 3 nitrogen and oxygen atoms in total. The van der Waals surface area contributed by atoms with Crippen LogP contribution in [0.4, 0.5) is 5.69 Å². The fourth-order valence-corrected chi connectivity index (χ4v) is 2.16. The van der Waals surface area contributed by atoms with Gasteiger partial charge in [0.05, 0.1) is 0 Å². The van der Waals surface area contributed by atoms with Gasteiger partial charge in [-0.2, -0.15) is 0 Å². The van der Waals surface area contributed by atoms with E-state index in [1.807, 2.05) is 23.1 Å². The molecule has 1 amide bonds. The highest BCUT2D eigenvalue weighted by molar-refractivity contribution is 5.81. The van der Waals surface area contributed by atoms with Gasteiger partial charge in [0.2, 0.25) is 5.91 Å². The van der Waals surface area contributed by atoms with Gasteiger partial charge in [-0.15, -0.1) is 0 Å². The van der Waals surface area contributed by atoms with Crippen molar-refractivity contribution in [1.29, 1.82) is 0 Å². The number of hydrogen-bond acceptors (Lipinski definition) is 2. The molecule has 0 unspecified atom stereocenters. The van der Waals surface area contributed by atoms with E-state index in [9.17, 15) is 4.79 Å². The second kappa shape index (κ2) is 2.99. The van der Waals surface area contributed by atoms with Gasteiger partial charge >= 0.3 is 0 Å². The molecule has 3 heteroatoms. The van der Waals surface area contributed by atoms with E-state index in [2.05, 4.69) is 0 Å². The van der Waals surface area contributed by atoms with Crippen LogP contribution >= 0.6 is 0 Å². The van der Waals surface area contributed by atoms with Gasteiger partial charge in [-0.1, -0.05) is 6.07 Å². The number of nitrogens with two attached hydrogens (primary N) is 1. The van der Waals surface area contributed by atoms with Crippen LogP contribution in [-0.2, 0) is 17.9 Å². The maximum atomic E-state index is 11.9. The lowest BCUT2D eigenvalue weighted by atomic mass is 10.1. The molecule has 1 saturated carbocycles. The van der Waals surface area contributed by atoms with Crippen molar-refractivity contribution in [2.75, 3.05) is 5.73 Å². The SMILES string of the molecule is Nc1ccc2c(c1)CN(C(=O)C1CC1)C2. The molecule has 15 heavy (non-hydrogen) atoms. The molecule has 1 aliphatic carbocycles. The van der Waals surface area contributed by atoms with Crippen molar-refractivity contribution in [3.05, 3.63) is 29.3 Å². The molecule has 2 N–H and O–H groups in total. The second-order valence-corrected chi connectivity index (χ2v) is 4.50. The molecule has 2 aliphatic rings. The lowest BCUT2D eigenvalue weighted by molar-refractivity contribution is -0.133. The summed E-state index contributed by atoms with van der Waals surface area (Å²) in [4.78, 5) is 13.8. The third kappa shape index (κ3) is 1.48. The molecule has 1 aromatic rings. The van der Waals surface area contributed by atoms with Gasteiger partial charge in [0.25, 0.3) is 0 Å². The summed E-state index contributed by atoms with van der Waals surface area (Å²) >= 11 is 0. The van der Waals surface area contributed by atoms with Crippen molar-refractivity contribution in [1.82, 2.24) is 4.90 Å². The monoisotopic (exact) mass is 202 g/mol. The van der Waals surface area contributed by atoms with Crippen LogP contribution in [0.15, 0.2) is 18.2 Å². The van der Waals surface area contributed by atoms with Crippen LogP contribution in [0.1, 0.15) is 24.0 Å². The van der Waals surface area contributed by atoms with Crippen LogP contribution in [-0.4, -0.2) is 10.8 Å². The smallest absolute Gasteiger partial charge is 0.226 e. The van der Waals surface area contributed by atoms with Gasteiger partial charge in [-0.25, -0.2) is 0 Å². The summed E-state index contributed by atoms with van der Waals surface area (Å²) in [6.45, 7) is 1.51. The molecule has 0 radical (unpaired) electrons. The number of fused-ring (bicyclic) bond motifs is 1. The lowest BCUT2D eigenvalue weighted by Gasteiger charge is -2.14. The summed E-state index contributed by atoms with van der Waals surface area (Å²) < 4.78 is 0. The van der Waals surface area contributed by atoms with Crippen LogP contribution in [0.2, 0.25) is 0 Å². The summed E-state index contributed by atoms with van der Waals surface area (Å²) in [5, 5.41) is 0. The normalized spacial score (nSPS) is 19.1. The van der Waals surface area contributed by atoms with Gasteiger partial charge in [0.15, 0.2) is 0 Å². The highest BCUT2D eigenvalue weighted by Gasteiger charge is 2.35. The minimum Gasteiger partial charge on any atom is -0.399 e. The first-order valence-corrected chi connectivity index (χ1v) is 5.40. The van der Waals surface area contributed by atoms with Crippen LogP contribution < -0.4 is 5.73 Å². The van der Waals surface area contributed by atoms with Gasteiger partial charge in [0.1, 0.15) is 0 Å². The molecule has 0 saturated heterocycles. The van der Waals surface area contributed by atoms with Crippen molar-refractivity contribution in [2.24, 2.45) is 5.92 Å². The highest BCUT2D eigenvalue weighted by atomic mass is 16.2. The summed E-state index contributed by atoms with van der Waals surface area (Å²) in [6, 6.07) is 5.92. The number of rotatable bonds is 1. The van der Waals surface area contributed by atoms with E-state index < -0.39 is 0 Å². The van der Waals surface area contributed by atoms with Crippen LogP contribution in [0.3, 0.4) is 0 Å². The summed E-state index contributed by atoms with van der Waals surface area (Å²) in [5.41, 5.74) is 8.97. The molecule has 1 aliphatic heterocycles. The van der Waals surface area contributed by atoms with Gasteiger partial charge in [0, 0.05) is 24.7 Å². The Hall–Kier alpha value is -1.51. The first kappa shape index (κ1) is 8.77. The average molecular weight is 202 g/mol. The number of benzene rings is 1. The second-order valence-electron chi connectivity index (χ2n) is 4.50. The van der Waals surface area contributed by atoms with Crippen molar-refractivity contribution in [3.8, 4) is 0 Å². The highest BCUT2D eigenvalue weighted by Crippen LogP contribution is 2.34. The number of amides is 1. The Bertz CT molecular complexity index is 424. The number of nitrogen functional groups attached to an aromatic ring is 1. The molecule has 0 bridgehead atoms. The van der Waals surface area contributed by atoms with Crippen LogP contribution in [0.5, 0.6) is 0 Å². The van der Waals surface area contributed by atoms with E-state index in [1.54, 1.807) is 0 Å². The van der Waals surface area contributed by atoms with Gasteiger partial charge in [-0.05, 0) is 36.1 Å². The van der Waals surface area contributed by atoms with E-state index in [0.29, 0.717) is 11.8 Å². The molecular weight excluding hydrogens is 188 g/mol. The van der Waals surface area contributed by atoms with Crippen molar-refractivity contribution in [2.45, 2.75) is 25.9 Å². The van der Waals surface area contributed by atoms with E-state index in [-0.39, 0.29) is 0 Å². The molecule has 0 aromatic heterocycles. The fourth-order valence-electron chi connectivity index (χ4n) is 2.16. The maximum absolute atomic E-state index is 11.9. The van der Waals surface area contributed by atoms with Crippen molar-refractivity contribution < 1.29 is 4.79 Å². The molecule has 1 aromatic carbocycles. The van der Waals surface area contributed by atoms with Gasteiger partial charge in [-0.3, -0.25) is 4.79 Å². The van der Waals surface area contributed by atoms with E-state index in [1.165, 1.54) is 11.1 Å². The number of carbonyl (C=O) groups excluding carboxylic acids is 1. The van der Waals surface area contributed by atoms with Crippen LogP contribution in [0.25, 0.3) is 0 Å². The molecular formula is C12H14N2O. The Morgan fingerprint density at radius 3 is 2.73 bits per heavy atom. The molecule has 0 atom stereocenters. The van der Waals surface area contributed by atoms with Crippen molar-refractivity contribution >= 4 is 11.6 Å². The molecule has 0 spiro atoms. The summed E-state index contributed by atoms with van der Waals surface area (Å²) in [6.07, 6.45) is 2.15. The quantitative estimate of drug-likeness (QED) is 0.702. The fraction of sp³-hybridized carbons (Fsp3) is 0.417. The summed E-state index contributed by atoms with van der Waals surface area (Å²) in [5.74, 6) is 0.640. The van der Waals surface area contributed by atoms with E-state index in [0.717, 1.165) is 31.6 Å². The Morgan fingerprint density at radius 2 is 2.00 bits per heavy atom. The van der Waals surface area contributed by atoms with Gasteiger partial charge < -0.3 is 10.6 Å². The maximum Gasteiger partial charge on any atom is 0.226 e. The predicted molar refractivity (Wildman–Crippen MR) is 57.8 cm³/mol. The zero-order valence-corrected chi connectivity index (χ0v) is 8.57. The van der Waals surface area contributed by atoms with E-state index >= 15 is 0 Å². The lowest BCUT2D eigenvalue weighted by Crippen LogP contribution is -2.26. The molecule has 1 fully saturated rings. The number of carbonyl (C=O) groups is 1. The Labute approximate surface area is 88.9 Å². The predicted octanol–water partition coefficient (Wildman–Crippen LogP) is 1.52.